The molecule has 0 aliphatic carbocycles. The van der Waals surface area contributed by atoms with Crippen LogP contribution in [0.4, 0.5) is 0 Å². The molecule has 0 bridgehead atoms. The molecular formula is C15H10ClNO3S. The molecule has 0 N–H and O–H groups in total. The van der Waals surface area contributed by atoms with E-state index in [-0.39, 0.29) is 10.0 Å². The van der Waals surface area contributed by atoms with Crippen molar-refractivity contribution in [1.82, 2.24) is 4.98 Å². The van der Waals surface area contributed by atoms with Gasteiger partial charge in [-0.05, 0) is 11.5 Å². The van der Waals surface area contributed by atoms with Gasteiger partial charge in [0.05, 0.1) is 7.11 Å². The summed E-state index contributed by atoms with van der Waals surface area (Å²) in [6, 6.07) is 13.6. The number of methoxy groups -OCH3 is 1. The lowest BCUT2D eigenvalue weighted by atomic mass is 10.1. The first-order chi connectivity index (χ1) is 10.2. The first-order valence-electron chi connectivity index (χ1n) is 6.09. The highest BCUT2D eigenvalue weighted by molar-refractivity contribution is 7.15. The van der Waals surface area contributed by atoms with E-state index in [4.69, 9.17) is 16.3 Å². The summed E-state index contributed by atoms with van der Waals surface area (Å²) in [5, 5.41) is 2.41. The van der Waals surface area contributed by atoms with Crippen molar-refractivity contribution in [2.75, 3.05) is 7.11 Å². The topological polar surface area (TPSA) is 48.4 Å². The summed E-state index contributed by atoms with van der Waals surface area (Å²) < 4.78 is 10.4. The zero-order valence-corrected chi connectivity index (χ0v) is 12.6. The summed E-state index contributed by atoms with van der Waals surface area (Å²) in [6.07, 6.45) is 0. The number of rotatable bonds is 3. The number of carbonyl (C=O) groups is 1. The molecule has 106 valence electrons. The van der Waals surface area contributed by atoms with Crippen molar-refractivity contribution in [2.24, 2.45) is 0 Å². The Morgan fingerprint density at radius 3 is 2.76 bits per heavy atom. The van der Waals surface area contributed by atoms with E-state index in [2.05, 4.69) is 9.72 Å². The van der Waals surface area contributed by atoms with E-state index >= 15 is 0 Å². The van der Waals surface area contributed by atoms with Gasteiger partial charge in [0.1, 0.15) is 5.75 Å². The second-order valence-electron chi connectivity index (χ2n) is 4.17. The van der Waals surface area contributed by atoms with Crippen LogP contribution in [0.5, 0.6) is 10.9 Å². The van der Waals surface area contributed by atoms with Crippen LogP contribution in [-0.4, -0.2) is 18.1 Å². The third kappa shape index (κ3) is 2.70. The number of benzene rings is 2. The van der Waals surface area contributed by atoms with Crippen LogP contribution in [0.2, 0.25) is 5.15 Å². The fourth-order valence-corrected chi connectivity index (χ4v) is 2.98. The average Bonchev–Trinajstić information content (AvgIpc) is 2.87. The van der Waals surface area contributed by atoms with Crippen molar-refractivity contribution < 1.29 is 14.3 Å². The van der Waals surface area contributed by atoms with Crippen LogP contribution in [-0.2, 0) is 4.74 Å². The van der Waals surface area contributed by atoms with Crippen LogP contribution < -0.4 is 4.74 Å². The van der Waals surface area contributed by atoms with E-state index in [9.17, 15) is 4.79 Å². The van der Waals surface area contributed by atoms with Gasteiger partial charge in [0.25, 0.3) is 5.19 Å². The molecule has 0 radical (unpaired) electrons. The molecule has 6 heteroatoms. The van der Waals surface area contributed by atoms with Gasteiger partial charge in [-0.15, -0.1) is 0 Å². The zero-order valence-electron chi connectivity index (χ0n) is 11.0. The number of ether oxygens (including phenoxy) is 2. The van der Waals surface area contributed by atoms with Crippen molar-refractivity contribution in [3.8, 4) is 10.9 Å². The normalized spacial score (nSPS) is 10.6. The van der Waals surface area contributed by atoms with E-state index in [1.807, 2.05) is 42.5 Å². The van der Waals surface area contributed by atoms with E-state index in [1.165, 1.54) is 7.11 Å². The fourth-order valence-electron chi connectivity index (χ4n) is 1.92. The van der Waals surface area contributed by atoms with Gasteiger partial charge in [-0.3, -0.25) is 0 Å². The molecule has 0 unspecified atom stereocenters. The molecule has 0 saturated heterocycles. The summed E-state index contributed by atoms with van der Waals surface area (Å²) in [7, 11) is 1.30. The summed E-state index contributed by atoms with van der Waals surface area (Å²) in [4.78, 5) is 15.8. The van der Waals surface area contributed by atoms with Gasteiger partial charge in [-0.2, -0.15) is 4.98 Å². The van der Waals surface area contributed by atoms with Gasteiger partial charge in [-0.1, -0.05) is 59.3 Å². The number of hydrogen-bond donors (Lipinski definition) is 0. The van der Waals surface area contributed by atoms with E-state index < -0.39 is 5.97 Å². The molecule has 0 saturated carbocycles. The van der Waals surface area contributed by atoms with Gasteiger partial charge in [0, 0.05) is 5.39 Å². The monoisotopic (exact) mass is 319 g/mol. The number of fused-ring (bicyclic) bond motifs is 1. The maximum Gasteiger partial charge on any atom is 0.351 e. The Labute approximate surface area is 129 Å². The highest BCUT2D eigenvalue weighted by Gasteiger charge is 2.18. The van der Waals surface area contributed by atoms with Crippen LogP contribution >= 0.6 is 22.9 Å². The molecule has 2 aromatic carbocycles. The fraction of sp³-hybridized carbons (Fsp3) is 0.0667. The highest BCUT2D eigenvalue weighted by Crippen LogP contribution is 2.35. The molecule has 0 aliphatic heterocycles. The zero-order chi connectivity index (χ0) is 14.8. The van der Waals surface area contributed by atoms with Crippen LogP contribution in [0, 0.1) is 0 Å². The standard InChI is InChI=1S/C15H10ClNO3S/c1-19-14(18)12-13(16)17-15(21-12)20-11-8-4-6-9-5-2-3-7-10(9)11/h2-8H,1H3. The Balaban J connectivity index is 1.98. The molecule has 21 heavy (non-hydrogen) atoms. The lowest BCUT2D eigenvalue weighted by Gasteiger charge is -2.05. The molecule has 0 spiro atoms. The van der Waals surface area contributed by atoms with Gasteiger partial charge < -0.3 is 9.47 Å². The quantitative estimate of drug-likeness (QED) is 0.665. The number of nitrogens with zero attached hydrogens (tertiary/aromatic N) is 1. The molecule has 1 heterocycles. The maximum atomic E-state index is 11.5. The Kier molecular flexibility index (Phi) is 3.77. The SMILES string of the molecule is COC(=O)c1sc(Oc2cccc3ccccc23)nc1Cl. The molecule has 3 rings (SSSR count). The number of esters is 1. The van der Waals surface area contributed by atoms with Crippen LogP contribution in [0.25, 0.3) is 10.8 Å². The van der Waals surface area contributed by atoms with E-state index in [0.29, 0.717) is 10.9 Å². The van der Waals surface area contributed by atoms with Gasteiger partial charge in [0.15, 0.2) is 10.0 Å². The Hall–Kier alpha value is -2.11. The van der Waals surface area contributed by atoms with Crippen molar-refractivity contribution in [3.05, 3.63) is 52.5 Å². The Morgan fingerprint density at radius 2 is 1.95 bits per heavy atom. The first-order valence-corrected chi connectivity index (χ1v) is 7.29. The molecule has 1 aromatic heterocycles. The lowest BCUT2D eigenvalue weighted by molar-refractivity contribution is 0.0606. The third-order valence-electron chi connectivity index (χ3n) is 2.88. The minimum atomic E-state index is -0.523. The molecule has 0 fully saturated rings. The second kappa shape index (κ2) is 5.71. The molecular weight excluding hydrogens is 310 g/mol. The van der Waals surface area contributed by atoms with Gasteiger partial charge >= 0.3 is 5.97 Å². The molecule has 0 aliphatic rings. The summed E-state index contributed by atoms with van der Waals surface area (Å²) in [6.45, 7) is 0. The summed E-state index contributed by atoms with van der Waals surface area (Å²) in [5.74, 6) is 0.139. The van der Waals surface area contributed by atoms with Gasteiger partial charge in [-0.25, -0.2) is 4.79 Å². The van der Waals surface area contributed by atoms with Crippen LogP contribution in [0.1, 0.15) is 9.67 Å². The number of hydrogen-bond acceptors (Lipinski definition) is 5. The molecule has 0 atom stereocenters. The van der Waals surface area contributed by atoms with Gasteiger partial charge in [0.2, 0.25) is 0 Å². The van der Waals surface area contributed by atoms with Crippen LogP contribution in [0.3, 0.4) is 0 Å². The minimum Gasteiger partial charge on any atom is -0.465 e. The Morgan fingerprint density at radius 1 is 1.19 bits per heavy atom. The number of thiazole rings is 1. The summed E-state index contributed by atoms with van der Waals surface area (Å²) in [5.41, 5.74) is 0. The van der Waals surface area contributed by atoms with Crippen molar-refractivity contribution in [3.63, 3.8) is 0 Å². The lowest BCUT2D eigenvalue weighted by Crippen LogP contribution is -1.98. The first kappa shape index (κ1) is 13.9. The molecule has 0 amide bonds. The highest BCUT2D eigenvalue weighted by atomic mass is 35.5. The van der Waals surface area contributed by atoms with Crippen molar-refractivity contribution >= 4 is 39.7 Å². The smallest absolute Gasteiger partial charge is 0.351 e. The average molecular weight is 320 g/mol. The van der Waals surface area contributed by atoms with Crippen molar-refractivity contribution in [1.29, 1.82) is 0 Å². The number of carbonyl (C=O) groups excluding carboxylic acids is 1. The van der Waals surface area contributed by atoms with Crippen molar-refractivity contribution in [2.45, 2.75) is 0 Å². The Bertz CT molecular complexity index is 810. The number of aromatic nitrogens is 1. The number of halogens is 1. The third-order valence-corrected chi connectivity index (χ3v) is 4.18. The van der Waals surface area contributed by atoms with Crippen LogP contribution in [0.15, 0.2) is 42.5 Å². The predicted octanol–water partition coefficient (Wildman–Crippen LogP) is 4.53. The second-order valence-corrected chi connectivity index (χ2v) is 5.49. The minimum absolute atomic E-state index is 0.0853. The van der Waals surface area contributed by atoms with E-state index in [1.54, 1.807) is 0 Å². The molecule has 3 aromatic rings. The van der Waals surface area contributed by atoms with E-state index in [0.717, 1.165) is 22.1 Å². The predicted molar refractivity (Wildman–Crippen MR) is 82.5 cm³/mol. The molecule has 4 nitrogen and oxygen atoms in total. The summed E-state index contributed by atoms with van der Waals surface area (Å²) >= 11 is 6.98. The maximum absolute atomic E-state index is 11.5. The largest absolute Gasteiger partial charge is 0.465 e.